The number of fused-ring (bicyclic) bond motifs is 1. The van der Waals surface area contributed by atoms with Crippen molar-refractivity contribution in [2.45, 2.75) is 25.9 Å². The summed E-state index contributed by atoms with van der Waals surface area (Å²) in [5, 5.41) is 0.707. The predicted octanol–water partition coefficient (Wildman–Crippen LogP) is 7.28. The van der Waals surface area contributed by atoms with Gasteiger partial charge >= 0.3 is 6.18 Å². The van der Waals surface area contributed by atoms with Crippen molar-refractivity contribution in [1.29, 1.82) is 0 Å². The number of hydrogen-bond donors (Lipinski definition) is 0. The molecule has 4 rings (SSSR count). The van der Waals surface area contributed by atoms with Crippen LogP contribution in [-0.2, 0) is 0 Å². The SMILES string of the molecule is Cc1ncc(F)c(-c2cc3cccc(-c4cc(F)ccc4C(C)C(F)(F)F)c3s2)n1. The van der Waals surface area contributed by atoms with Crippen molar-refractivity contribution < 1.29 is 22.0 Å². The summed E-state index contributed by atoms with van der Waals surface area (Å²) in [4.78, 5) is 8.48. The van der Waals surface area contributed by atoms with Crippen molar-refractivity contribution in [2.24, 2.45) is 0 Å². The van der Waals surface area contributed by atoms with E-state index in [1.807, 2.05) is 0 Å². The summed E-state index contributed by atoms with van der Waals surface area (Å²) >= 11 is 1.19. The molecule has 2 nitrogen and oxygen atoms in total. The Balaban J connectivity index is 1.94. The fourth-order valence-corrected chi connectivity index (χ4v) is 4.51. The van der Waals surface area contributed by atoms with Gasteiger partial charge in [-0.2, -0.15) is 13.2 Å². The number of halogens is 5. The standard InChI is InChI=1S/C22H15F5N2S/c1-11(22(25,26)27)15-7-6-14(23)9-17(15)16-5-3-4-13-8-19(30-21(13)16)20-18(24)10-28-12(2)29-20/h3-11H,1-2H3. The molecule has 0 bridgehead atoms. The van der Waals surface area contributed by atoms with Crippen molar-refractivity contribution in [3.8, 4) is 21.7 Å². The molecular formula is C22H15F5N2S. The molecule has 1 unspecified atom stereocenters. The van der Waals surface area contributed by atoms with Crippen LogP contribution >= 0.6 is 11.3 Å². The zero-order valence-electron chi connectivity index (χ0n) is 15.9. The molecule has 0 saturated heterocycles. The van der Waals surface area contributed by atoms with Gasteiger partial charge < -0.3 is 0 Å². The molecule has 2 aromatic carbocycles. The van der Waals surface area contributed by atoms with E-state index in [2.05, 4.69) is 9.97 Å². The molecule has 0 aliphatic rings. The first-order chi connectivity index (χ1) is 14.1. The van der Waals surface area contributed by atoms with E-state index in [-0.39, 0.29) is 16.8 Å². The highest BCUT2D eigenvalue weighted by Gasteiger charge is 2.38. The molecule has 8 heteroatoms. The maximum Gasteiger partial charge on any atom is 0.395 e. The van der Waals surface area contributed by atoms with Gasteiger partial charge in [0.05, 0.1) is 17.0 Å². The topological polar surface area (TPSA) is 25.8 Å². The summed E-state index contributed by atoms with van der Waals surface area (Å²) in [7, 11) is 0. The Labute approximate surface area is 173 Å². The highest BCUT2D eigenvalue weighted by molar-refractivity contribution is 7.22. The number of aryl methyl sites for hydroxylation is 1. The van der Waals surface area contributed by atoms with Crippen LogP contribution in [0.25, 0.3) is 31.8 Å². The van der Waals surface area contributed by atoms with Crippen LogP contribution in [0.3, 0.4) is 0 Å². The first kappa shape index (κ1) is 20.4. The van der Waals surface area contributed by atoms with Crippen LogP contribution in [0.2, 0.25) is 0 Å². The van der Waals surface area contributed by atoms with Crippen LogP contribution in [0.4, 0.5) is 22.0 Å². The summed E-state index contributed by atoms with van der Waals surface area (Å²) in [5.41, 5.74) is 0.729. The third kappa shape index (κ3) is 3.67. The van der Waals surface area contributed by atoms with Gasteiger partial charge in [0.25, 0.3) is 0 Å². The number of aromatic nitrogens is 2. The molecule has 0 N–H and O–H groups in total. The summed E-state index contributed by atoms with van der Waals surface area (Å²) < 4.78 is 69.1. The van der Waals surface area contributed by atoms with Gasteiger partial charge in [0.2, 0.25) is 0 Å². The lowest BCUT2D eigenvalue weighted by Crippen LogP contribution is -2.18. The largest absolute Gasteiger partial charge is 0.395 e. The Bertz CT molecular complexity index is 1250. The molecule has 30 heavy (non-hydrogen) atoms. The van der Waals surface area contributed by atoms with Crippen LogP contribution in [0.15, 0.2) is 48.7 Å². The highest BCUT2D eigenvalue weighted by atomic mass is 32.1. The Morgan fingerprint density at radius 2 is 1.77 bits per heavy atom. The van der Waals surface area contributed by atoms with Crippen LogP contribution in [-0.4, -0.2) is 16.1 Å². The highest BCUT2D eigenvalue weighted by Crippen LogP contribution is 2.44. The van der Waals surface area contributed by atoms with E-state index in [4.69, 9.17) is 0 Å². The molecule has 0 saturated carbocycles. The summed E-state index contributed by atoms with van der Waals surface area (Å²) in [6.45, 7) is 2.69. The maximum atomic E-state index is 14.3. The number of alkyl halides is 3. The number of rotatable bonds is 3. The van der Waals surface area contributed by atoms with E-state index in [9.17, 15) is 22.0 Å². The molecule has 0 radical (unpaired) electrons. The third-order valence-electron chi connectivity index (χ3n) is 4.91. The molecule has 4 aromatic rings. The average molecular weight is 434 g/mol. The molecule has 0 aliphatic heterocycles. The first-order valence-corrected chi connectivity index (χ1v) is 9.85. The predicted molar refractivity (Wildman–Crippen MR) is 107 cm³/mol. The first-order valence-electron chi connectivity index (χ1n) is 9.03. The van der Waals surface area contributed by atoms with Crippen LogP contribution in [0, 0.1) is 18.6 Å². The Morgan fingerprint density at radius 1 is 1.00 bits per heavy atom. The molecule has 0 aliphatic carbocycles. The minimum Gasteiger partial charge on any atom is -0.239 e. The number of benzene rings is 2. The zero-order chi connectivity index (χ0) is 21.6. The van der Waals surface area contributed by atoms with Gasteiger partial charge in [0, 0.05) is 4.70 Å². The molecule has 0 amide bonds. The van der Waals surface area contributed by atoms with Gasteiger partial charge in [-0.25, -0.2) is 18.7 Å². The second kappa shape index (κ2) is 7.43. The maximum absolute atomic E-state index is 14.3. The normalized spacial score (nSPS) is 13.0. The monoisotopic (exact) mass is 434 g/mol. The average Bonchev–Trinajstić information content (AvgIpc) is 3.12. The Morgan fingerprint density at radius 3 is 2.50 bits per heavy atom. The molecule has 2 heterocycles. The van der Waals surface area contributed by atoms with Crippen molar-refractivity contribution in [3.05, 3.63) is 71.7 Å². The van der Waals surface area contributed by atoms with Crippen LogP contribution < -0.4 is 0 Å². The fourth-order valence-electron chi connectivity index (χ4n) is 3.34. The molecule has 0 spiro atoms. The van der Waals surface area contributed by atoms with Crippen LogP contribution in [0.1, 0.15) is 24.2 Å². The summed E-state index contributed by atoms with van der Waals surface area (Å²) in [6, 6.07) is 10.1. The third-order valence-corrected chi connectivity index (χ3v) is 6.10. The Hall–Kier alpha value is -2.87. The van der Waals surface area contributed by atoms with E-state index < -0.39 is 23.7 Å². The molecule has 154 valence electrons. The van der Waals surface area contributed by atoms with E-state index in [1.165, 1.54) is 17.4 Å². The minimum atomic E-state index is -4.47. The van der Waals surface area contributed by atoms with Crippen molar-refractivity contribution in [2.75, 3.05) is 0 Å². The minimum absolute atomic E-state index is 0.0181. The zero-order valence-corrected chi connectivity index (χ0v) is 16.7. The molecular weight excluding hydrogens is 419 g/mol. The van der Waals surface area contributed by atoms with Gasteiger partial charge in [0.15, 0.2) is 5.82 Å². The van der Waals surface area contributed by atoms with E-state index >= 15 is 0 Å². The second-order valence-electron chi connectivity index (χ2n) is 6.94. The van der Waals surface area contributed by atoms with E-state index in [1.54, 1.807) is 31.2 Å². The van der Waals surface area contributed by atoms with Gasteiger partial charge in [-0.15, -0.1) is 11.3 Å². The lowest BCUT2D eigenvalue weighted by molar-refractivity contribution is -0.146. The quantitative estimate of drug-likeness (QED) is 0.317. The molecule has 0 fully saturated rings. The second-order valence-corrected chi connectivity index (χ2v) is 8.00. The number of nitrogens with zero attached hydrogens (tertiary/aromatic N) is 2. The van der Waals surface area contributed by atoms with Gasteiger partial charge in [-0.1, -0.05) is 24.3 Å². The van der Waals surface area contributed by atoms with Gasteiger partial charge in [0.1, 0.15) is 17.3 Å². The van der Waals surface area contributed by atoms with E-state index in [0.717, 1.165) is 25.3 Å². The number of hydrogen-bond acceptors (Lipinski definition) is 3. The Kier molecular flexibility index (Phi) is 5.05. The number of thiophene rings is 1. The van der Waals surface area contributed by atoms with Gasteiger partial charge in [-0.05, 0) is 54.1 Å². The van der Waals surface area contributed by atoms with Crippen molar-refractivity contribution in [3.63, 3.8) is 0 Å². The van der Waals surface area contributed by atoms with Gasteiger partial charge in [-0.3, -0.25) is 0 Å². The fraction of sp³-hybridized carbons (Fsp3) is 0.182. The molecule has 2 aromatic heterocycles. The lowest BCUT2D eigenvalue weighted by atomic mass is 9.90. The summed E-state index contributed by atoms with van der Waals surface area (Å²) in [5.74, 6) is -2.60. The van der Waals surface area contributed by atoms with E-state index in [0.29, 0.717) is 26.4 Å². The lowest BCUT2D eigenvalue weighted by Gasteiger charge is -2.20. The van der Waals surface area contributed by atoms with Crippen LogP contribution in [0.5, 0.6) is 0 Å². The van der Waals surface area contributed by atoms with Crippen molar-refractivity contribution >= 4 is 21.4 Å². The molecule has 1 atom stereocenters. The smallest absolute Gasteiger partial charge is 0.239 e. The summed E-state index contributed by atoms with van der Waals surface area (Å²) in [6.07, 6.45) is -3.39. The van der Waals surface area contributed by atoms with Crippen molar-refractivity contribution in [1.82, 2.24) is 9.97 Å².